The molecule has 0 bridgehead atoms. The van der Waals surface area contributed by atoms with Crippen molar-refractivity contribution in [2.45, 2.75) is 19.4 Å². The summed E-state index contributed by atoms with van der Waals surface area (Å²) < 4.78 is 16.2. The molecule has 0 aromatic rings. The van der Waals surface area contributed by atoms with Gasteiger partial charge >= 0.3 is 0 Å². The van der Waals surface area contributed by atoms with Gasteiger partial charge in [0.05, 0.1) is 6.61 Å². The molecule has 0 amide bonds. The zero-order chi connectivity index (χ0) is 9.40. The van der Waals surface area contributed by atoms with Crippen molar-refractivity contribution in [1.82, 2.24) is 5.32 Å². The molecule has 2 atom stereocenters. The Bertz CT molecular complexity index is 126. The van der Waals surface area contributed by atoms with E-state index in [1.807, 2.05) is 7.05 Å². The summed E-state index contributed by atoms with van der Waals surface area (Å²) in [5.41, 5.74) is 0. The highest BCUT2D eigenvalue weighted by Crippen LogP contribution is 1.94. The number of nitrogens with one attached hydrogen (secondary N) is 1. The summed E-state index contributed by atoms with van der Waals surface area (Å²) in [5, 5.41) is 3.13. The van der Waals surface area contributed by atoms with Crippen LogP contribution in [0.2, 0.25) is 0 Å². The Kier molecular flexibility index (Phi) is 7.75. The first-order valence-corrected chi connectivity index (χ1v) is 5.74. The van der Waals surface area contributed by atoms with Gasteiger partial charge in [-0.15, -0.1) is 0 Å². The van der Waals surface area contributed by atoms with E-state index >= 15 is 0 Å². The lowest BCUT2D eigenvalue weighted by Gasteiger charge is -2.12. The largest absolute Gasteiger partial charge is 0.384 e. The quantitative estimate of drug-likeness (QED) is 0.635. The maximum atomic E-state index is 11.3. The Morgan fingerprint density at radius 2 is 2.25 bits per heavy atom. The van der Waals surface area contributed by atoms with E-state index in [9.17, 15) is 4.21 Å². The van der Waals surface area contributed by atoms with Crippen molar-refractivity contribution < 1.29 is 8.95 Å². The third-order valence-electron chi connectivity index (χ3n) is 1.80. The normalized spacial score (nSPS) is 15.9. The van der Waals surface area contributed by atoms with Gasteiger partial charge in [0.2, 0.25) is 0 Å². The van der Waals surface area contributed by atoms with Crippen LogP contribution in [0.25, 0.3) is 0 Å². The van der Waals surface area contributed by atoms with Gasteiger partial charge in [-0.25, -0.2) is 0 Å². The summed E-state index contributed by atoms with van der Waals surface area (Å²) in [7, 11) is 2.80. The smallest absolute Gasteiger partial charge is 0.0577 e. The van der Waals surface area contributed by atoms with Crippen molar-refractivity contribution in [3.8, 4) is 0 Å². The molecule has 0 aromatic carbocycles. The monoisotopic (exact) mass is 193 g/mol. The number of hydrogen-bond acceptors (Lipinski definition) is 3. The second-order valence-electron chi connectivity index (χ2n) is 2.70. The van der Waals surface area contributed by atoms with Crippen molar-refractivity contribution in [2.24, 2.45) is 0 Å². The van der Waals surface area contributed by atoms with Gasteiger partial charge in [0.1, 0.15) is 0 Å². The maximum absolute atomic E-state index is 11.3. The Labute approximate surface area is 77.3 Å². The molecule has 0 aliphatic rings. The van der Waals surface area contributed by atoms with E-state index in [-0.39, 0.29) is 0 Å². The number of hydrogen-bond donors (Lipinski definition) is 1. The molecule has 0 rings (SSSR count). The van der Waals surface area contributed by atoms with Crippen LogP contribution in [0.4, 0.5) is 0 Å². The van der Waals surface area contributed by atoms with Crippen LogP contribution in [0.15, 0.2) is 0 Å². The lowest BCUT2D eigenvalue weighted by molar-refractivity contribution is 0.218. The number of ether oxygens (including phenoxy) is 1. The first-order valence-electron chi connectivity index (χ1n) is 4.25. The lowest BCUT2D eigenvalue weighted by atomic mass is 10.3. The highest BCUT2D eigenvalue weighted by Gasteiger charge is 2.07. The fourth-order valence-corrected chi connectivity index (χ4v) is 2.26. The van der Waals surface area contributed by atoms with E-state index in [2.05, 4.69) is 12.2 Å². The second-order valence-corrected chi connectivity index (χ2v) is 4.32. The van der Waals surface area contributed by atoms with Crippen LogP contribution in [0.3, 0.4) is 0 Å². The summed E-state index contributed by atoms with van der Waals surface area (Å²) in [4.78, 5) is 0. The van der Waals surface area contributed by atoms with Crippen molar-refractivity contribution in [3.05, 3.63) is 0 Å². The van der Waals surface area contributed by atoms with Crippen LogP contribution >= 0.6 is 0 Å². The molecule has 2 unspecified atom stereocenters. The number of rotatable bonds is 7. The van der Waals surface area contributed by atoms with Crippen LogP contribution in [0, 0.1) is 0 Å². The first kappa shape index (κ1) is 12.1. The number of methoxy groups -OCH3 is 1. The molecule has 1 N–H and O–H groups in total. The van der Waals surface area contributed by atoms with Crippen LogP contribution in [-0.2, 0) is 15.5 Å². The molecule has 0 spiro atoms. The summed E-state index contributed by atoms with van der Waals surface area (Å²) in [6.07, 6.45) is 1.02. The average Bonchev–Trinajstić information content (AvgIpc) is 2.10. The van der Waals surface area contributed by atoms with Gasteiger partial charge in [0.25, 0.3) is 0 Å². The SMILES string of the molecule is CCC(CS(=O)CCOC)NC. The molecule has 74 valence electrons. The molecular formula is C8H19NO2S. The summed E-state index contributed by atoms with van der Waals surface area (Å²) in [5.74, 6) is 1.38. The highest BCUT2D eigenvalue weighted by molar-refractivity contribution is 7.85. The summed E-state index contributed by atoms with van der Waals surface area (Å²) >= 11 is 0. The molecule has 0 saturated heterocycles. The maximum Gasteiger partial charge on any atom is 0.0577 e. The van der Waals surface area contributed by atoms with Gasteiger partial charge < -0.3 is 10.1 Å². The van der Waals surface area contributed by atoms with E-state index < -0.39 is 10.8 Å². The van der Waals surface area contributed by atoms with Gasteiger partial charge in [-0.05, 0) is 13.5 Å². The van der Waals surface area contributed by atoms with Gasteiger partial charge in [-0.1, -0.05) is 6.92 Å². The Balaban J connectivity index is 3.52. The summed E-state index contributed by atoms with van der Waals surface area (Å²) in [6, 6.07) is 0.377. The van der Waals surface area contributed by atoms with Crippen molar-refractivity contribution >= 4 is 10.8 Å². The molecule has 0 aromatic heterocycles. The fraction of sp³-hybridized carbons (Fsp3) is 1.00. The Hall–Kier alpha value is 0.0700. The van der Waals surface area contributed by atoms with Crippen LogP contribution in [0.5, 0.6) is 0 Å². The van der Waals surface area contributed by atoms with Gasteiger partial charge in [0.15, 0.2) is 0 Å². The molecule has 0 radical (unpaired) electrons. The third-order valence-corrected chi connectivity index (χ3v) is 3.20. The Morgan fingerprint density at radius 3 is 2.67 bits per heavy atom. The molecule has 0 aliphatic heterocycles. The Morgan fingerprint density at radius 1 is 1.58 bits per heavy atom. The van der Waals surface area contributed by atoms with Gasteiger partial charge in [-0.3, -0.25) is 4.21 Å². The van der Waals surface area contributed by atoms with Crippen molar-refractivity contribution in [3.63, 3.8) is 0 Å². The van der Waals surface area contributed by atoms with Crippen molar-refractivity contribution in [1.29, 1.82) is 0 Å². The zero-order valence-corrected chi connectivity index (χ0v) is 8.95. The predicted molar refractivity (Wildman–Crippen MR) is 52.9 cm³/mol. The van der Waals surface area contributed by atoms with Crippen molar-refractivity contribution in [2.75, 3.05) is 32.3 Å². The first-order chi connectivity index (χ1) is 5.74. The molecule has 0 fully saturated rings. The molecule has 0 saturated carbocycles. The predicted octanol–water partition coefficient (Wildman–Crippen LogP) is 0.380. The highest BCUT2D eigenvalue weighted by atomic mass is 32.2. The van der Waals surface area contributed by atoms with E-state index in [0.29, 0.717) is 18.4 Å². The van der Waals surface area contributed by atoms with E-state index in [1.165, 1.54) is 0 Å². The standard InChI is InChI=1S/C8H19NO2S/c1-4-8(9-2)7-12(10)6-5-11-3/h8-9H,4-7H2,1-3H3. The van der Waals surface area contributed by atoms with E-state index in [4.69, 9.17) is 4.74 Å². The molecule has 0 aliphatic carbocycles. The zero-order valence-electron chi connectivity index (χ0n) is 8.13. The van der Waals surface area contributed by atoms with Gasteiger partial charge in [0, 0.05) is 35.5 Å². The molecule has 4 heteroatoms. The van der Waals surface area contributed by atoms with Crippen LogP contribution < -0.4 is 5.32 Å². The fourth-order valence-electron chi connectivity index (χ4n) is 0.889. The van der Waals surface area contributed by atoms with E-state index in [1.54, 1.807) is 7.11 Å². The van der Waals surface area contributed by atoms with Gasteiger partial charge in [-0.2, -0.15) is 0 Å². The molecular weight excluding hydrogens is 174 g/mol. The van der Waals surface area contributed by atoms with Crippen LogP contribution in [0.1, 0.15) is 13.3 Å². The average molecular weight is 193 g/mol. The third kappa shape index (κ3) is 5.69. The van der Waals surface area contributed by atoms with Crippen LogP contribution in [-0.4, -0.2) is 42.5 Å². The minimum absolute atomic E-state index is 0.377. The second kappa shape index (κ2) is 7.71. The minimum atomic E-state index is -0.737. The minimum Gasteiger partial charge on any atom is -0.384 e. The molecule has 12 heavy (non-hydrogen) atoms. The topological polar surface area (TPSA) is 38.3 Å². The molecule has 3 nitrogen and oxygen atoms in total. The lowest BCUT2D eigenvalue weighted by Crippen LogP contribution is -2.31. The molecule has 0 heterocycles. The van der Waals surface area contributed by atoms with E-state index in [0.717, 1.165) is 12.2 Å². The summed E-state index contributed by atoms with van der Waals surface area (Å²) in [6.45, 7) is 2.68.